The molecule has 0 heterocycles. The molecule has 1 fully saturated rings. The number of nitrogens with one attached hydrogen (secondary N) is 3. The quantitative estimate of drug-likeness (QED) is 0.341. The van der Waals surface area contributed by atoms with E-state index in [0.717, 1.165) is 0 Å². The third-order valence-electron chi connectivity index (χ3n) is 5.40. The Balaban J connectivity index is 1.83. The molecular weight excluding hydrogens is 521 g/mol. The Kier molecular flexibility index (Phi) is 9.08. The summed E-state index contributed by atoms with van der Waals surface area (Å²) in [6, 6.07) is 0.491. The molecule has 0 bridgehead atoms. The van der Waals surface area contributed by atoms with E-state index in [1.165, 1.54) is 4.72 Å². The van der Waals surface area contributed by atoms with Crippen molar-refractivity contribution < 1.29 is 52.7 Å². The van der Waals surface area contributed by atoms with E-state index in [-0.39, 0.29) is 31.1 Å². The van der Waals surface area contributed by atoms with Gasteiger partial charge in [-0.1, -0.05) is 0 Å². The highest BCUT2D eigenvalue weighted by Gasteiger charge is 2.45. The van der Waals surface area contributed by atoms with Crippen LogP contribution in [-0.2, 0) is 22.4 Å². The van der Waals surface area contributed by atoms with E-state index in [4.69, 9.17) is 0 Å². The average Bonchev–Trinajstić information content (AvgIpc) is 2.73. The van der Waals surface area contributed by atoms with Crippen LogP contribution in [0, 0.1) is 5.92 Å². The van der Waals surface area contributed by atoms with E-state index in [1.54, 1.807) is 0 Å². The van der Waals surface area contributed by atoms with Crippen LogP contribution < -0.4 is 15.4 Å². The van der Waals surface area contributed by atoms with Crippen LogP contribution in [0.5, 0.6) is 0 Å². The minimum Gasteiger partial charge on any atom is -0.352 e. The Labute approximate surface area is 194 Å². The molecule has 0 aliphatic heterocycles. The standard InChI is InChI=1S/C19H22F9N3O3S/c20-17(21,22)13-7-12(8-14(9-13)18(23,24)25)16(32)30-10-11-1-3-15(4-2-11)29-5-6-31-35(33,34)19(26,27)28/h7-9,11,15,29,31H,1-6,10H2,(H,30,32)/t11-,15-. The molecule has 0 spiro atoms. The van der Waals surface area contributed by atoms with E-state index in [2.05, 4.69) is 10.6 Å². The van der Waals surface area contributed by atoms with Crippen LogP contribution in [-0.4, -0.2) is 45.5 Å². The minimum absolute atomic E-state index is 0.00846. The third-order valence-corrected chi connectivity index (χ3v) is 6.60. The molecule has 2 rings (SSSR count). The lowest BCUT2D eigenvalue weighted by Crippen LogP contribution is -2.43. The van der Waals surface area contributed by atoms with Gasteiger partial charge in [-0.05, 0) is 49.8 Å². The smallest absolute Gasteiger partial charge is 0.352 e. The summed E-state index contributed by atoms with van der Waals surface area (Å²) in [7, 11) is -5.42. The first-order chi connectivity index (χ1) is 15.9. The number of carbonyl (C=O) groups is 1. The van der Waals surface area contributed by atoms with Crippen molar-refractivity contribution in [1.29, 1.82) is 0 Å². The Morgan fingerprint density at radius 1 is 0.829 bits per heavy atom. The maximum Gasteiger partial charge on any atom is 0.511 e. The molecule has 0 aromatic heterocycles. The second-order valence-electron chi connectivity index (χ2n) is 8.02. The molecular formula is C19H22F9N3O3S. The van der Waals surface area contributed by atoms with Gasteiger partial charge >= 0.3 is 27.9 Å². The van der Waals surface area contributed by atoms with Crippen molar-refractivity contribution in [3.8, 4) is 0 Å². The molecule has 1 amide bonds. The summed E-state index contributed by atoms with van der Waals surface area (Å²) < 4.78 is 138. The zero-order valence-electron chi connectivity index (χ0n) is 17.9. The topological polar surface area (TPSA) is 87.3 Å². The number of benzene rings is 1. The highest BCUT2D eigenvalue weighted by atomic mass is 32.2. The van der Waals surface area contributed by atoms with Crippen LogP contribution in [0.2, 0.25) is 0 Å². The molecule has 0 unspecified atom stereocenters. The van der Waals surface area contributed by atoms with Crippen LogP contribution in [0.25, 0.3) is 0 Å². The fraction of sp³-hybridized carbons (Fsp3) is 0.632. The van der Waals surface area contributed by atoms with Gasteiger partial charge in [0.15, 0.2) is 0 Å². The summed E-state index contributed by atoms with van der Waals surface area (Å²) in [6.45, 7) is -0.526. The first-order valence-electron chi connectivity index (χ1n) is 10.3. The molecule has 6 nitrogen and oxygen atoms in total. The number of hydrogen-bond donors (Lipinski definition) is 3. The van der Waals surface area contributed by atoms with Crippen LogP contribution >= 0.6 is 0 Å². The van der Waals surface area contributed by atoms with E-state index in [1.807, 2.05) is 0 Å². The maximum absolute atomic E-state index is 12.9. The lowest BCUT2D eigenvalue weighted by Gasteiger charge is -2.29. The first kappa shape index (κ1) is 29.2. The fourth-order valence-corrected chi connectivity index (χ4v) is 4.07. The van der Waals surface area contributed by atoms with Crippen LogP contribution in [0.1, 0.15) is 47.2 Å². The molecule has 1 aliphatic carbocycles. The highest BCUT2D eigenvalue weighted by molar-refractivity contribution is 7.90. The summed E-state index contributed by atoms with van der Waals surface area (Å²) in [6.07, 6.45) is -8.07. The molecule has 16 heteroatoms. The second kappa shape index (κ2) is 10.9. The second-order valence-corrected chi connectivity index (χ2v) is 9.78. The van der Waals surface area contributed by atoms with Gasteiger partial charge in [-0.2, -0.15) is 39.5 Å². The number of rotatable bonds is 8. The molecule has 200 valence electrons. The third kappa shape index (κ3) is 8.52. The number of sulfonamides is 1. The molecule has 0 atom stereocenters. The SMILES string of the molecule is O=C(NC[C@H]1CC[C@H](NCCNS(=O)(=O)C(F)(F)F)CC1)c1cc(C(F)(F)F)cc(C(F)(F)F)c1. The van der Waals surface area contributed by atoms with E-state index < -0.39 is 57.0 Å². The Morgan fingerprint density at radius 2 is 1.34 bits per heavy atom. The summed E-state index contributed by atoms with van der Waals surface area (Å²) in [5.74, 6) is -1.20. The Hall–Kier alpha value is -2.07. The lowest BCUT2D eigenvalue weighted by molar-refractivity contribution is -0.143. The van der Waals surface area contributed by atoms with Crippen LogP contribution in [0.4, 0.5) is 39.5 Å². The number of carbonyl (C=O) groups excluding carboxylic acids is 1. The minimum atomic E-state index is -5.42. The zero-order chi connectivity index (χ0) is 26.7. The first-order valence-corrected chi connectivity index (χ1v) is 11.8. The molecule has 0 saturated heterocycles. The molecule has 3 N–H and O–H groups in total. The number of alkyl halides is 9. The molecule has 1 aliphatic rings. The molecule has 1 aromatic carbocycles. The number of hydrogen-bond acceptors (Lipinski definition) is 4. The summed E-state index contributed by atoms with van der Waals surface area (Å²) in [5, 5.41) is 5.25. The van der Waals surface area contributed by atoms with Gasteiger partial charge in [0.25, 0.3) is 5.91 Å². The van der Waals surface area contributed by atoms with Crippen molar-refractivity contribution in [2.24, 2.45) is 5.92 Å². The van der Waals surface area contributed by atoms with Gasteiger partial charge in [-0.25, -0.2) is 13.1 Å². The Bertz CT molecular complexity index is 952. The lowest BCUT2D eigenvalue weighted by atomic mass is 9.86. The van der Waals surface area contributed by atoms with Crippen LogP contribution in [0.15, 0.2) is 18.2 Å². The van der Waals surface area contributed by atoms with E-state index in [0.29, 0.717) is 37.8 Å². The predicted octanol–water partition coefficient (Wildman–Crippen LogP) is 4.04. The van der Waals surface area contributed by atoms with E-state index in [9.17, 15) is 52.7 Å². The van der Waals surface area contributed by atoms with Gasteiger partial charge < -0.3 is 10.6 Å². The highest BCUT2D eigenvalue weighted by Crippen LogP contribution is 2.36. The maximum atomic E-state index is 12.9. The average molecular weight is 543 g/mol. The van der Waals surface area contributed by atoms with Gasteiger partial charge in [-0.3, -0.25) is 4.79 Å². The van der Waals surface area contributed by atoms with Crippen LogP contribution in [0.3, 0.4) is 0 Å². The summed E-state index contributed by atoms with van der Waals surface area (Å²) in [4.78, 5) is 12.2. The summed E-state index contributed by atoms with van der Waals surface area (Å²) >= 11 is 0. The normalized spacial score (nSPS) is 20.0. The fourth-order valence-electron chi connectivity index (χ4n) is 3.54. The van der Waals surface area contributed by atoms with Gasteiger partial charge in [-0.15, -0.1) is 0 Å². The van der Waals surface area contributed by atoms with Crippen molar-refractivity contribution in [2.75, 3.05) is 19.6 Å². The molecule has 1 aromatic rings. The van der Waals surface area contributed by atoms with Crippen molar-refractivity contribution in [3.63, 3.8) is 0 Å². The van der Waals surface area contributed by atoms with Crippen molar-refractivity contribution in [3.05, 3.63) is 34.9 Å². The van der Waals surface area contributed by atoms with Crippen molar-refractivity contribution >= 4 is 15.9 Å². The monoisotopic (exact) mass is 543 g/mol. The Morgan fingerprint density at radius 3 is 1.80 bits per heavy atom. The molecule has 0 radical (unpaired) electrons. The predicted molar refractivity (Wildman–Crippen MR) is 106 cm³/mol. The van der Waals surface area contributed by atoms with Gasteiger partial charge in [0.05, 0.1) is 11.1 Å². The largest absolute Gasteiger partial charge is 0.511 e. The van der Waals surface area contributed by atoms with Gasteiger partial charge in [0.1, 0.15) is 0 Å². The van der Waals surface area contributed by atoms with Crippen molar-refractivity contribution in [2.45, 2.75) is 49.6 Å². The summed E-state index contributed by atoms with van der Waals surface area (Å²) in [5.41, 5.74) is -9.37. The van der Waals surface area contributed by atoms with Gasteiger partial charge in [0.2, 0.25) is 0 Å². The van der Waals surface area contributed by atoms with Crippen molar-refractivity contribution in [1.82, 2.24) is 15.4 Å². The van der Waals surface area contributed by atoms with Gasteiger partial charge in [0, 0.05) is 31.2 Å². The zero-order valence-corrected chi connectivity index (χ0v) is 18.7. The van der Waals surface area contributed by atoms with E-state index >= 15 is 0 Å². The molecule has 1 saturated carbocycles. The number of halogens is 9. The number of amides is 1. The molecule has 35 heavy (non-hydrogen) atoms.